The highest BCUT2D eigenvalue weighted by atomic mass is 32.2. The van der Waals surface area contributed by atoms with Crippen LogP contribution in [-0.4, -0.2) is 26.4 Å². The molecular formula is C22H32N4OS. The van der Waals surface area contributed by atoms with Gasteiger partial charge >= 0.3 is 0 Å². The molecule has 5 nitrogen and oxygen atoms in total. The highest BCUT2D eigenvalue weighted by Crippen LogP contribution is 2.40. The van der Waals surface area contributed by atoms with Gasteiger partial charge in [-0.15, -0.1) is 10.2 Å². The molecule has 28 heavy (non-hydrogen) atoms. The first-order valence-electron chi connectivity index (χ1n) is 10.4. The fourth-order valence-electron chi connectivity index (χ4n) is 3.42. The van der Waals surface area contributed by atoms with Crippen molar-refractivity contribution in [3.8, 4) is 0 Å². The lowest BCUT2D eigenvalue weighted by molar-refractivity contribution is -0.119. The number of aromatic nitrogens is 3. The van der Waals surface area contributed by atoms with Crippen LogP contribution in [0.2, 0.25) is 0 Å². The zero-order valence-electron chi connectivity index (χ0n) is 17.6. The number of nitrogens with zero attached hydrogens (tertiary/aromatic N) is 3. The smallest absolute Gasteiger partial charge is 0.230 e. The summed E-state index contributed by atoms with van der Waals surface area (Å²) in [6.07, 6.45) is 2.41. The maximum atomic E-state index is 12.6. The Morgan fingerprint density at radius 3 is 2.32 bits per heavy atom. The van der Waals surface area contributed by atoms with Crippen molar-refractivity contribution in [3.05, 3.63) is 41.2 Å². The number of rotatable bonds is 9. The van der Waals surface area contributed by atoms with E-state index >= 15 is 0 Å². The quantitative estimate of drug-likeness (QED) is 0.608. The molecule has 6 heteroatoms. The lowest BCUT2D eigenvalue weighted by Gasteiger charge is -2.23. The van der Waals surface area contributed by atoms with Crippen molar-refractivity contribution < 1.29 is 4.79 Å². The third-order valence-electron chi connectivity index (χ3n) is 5.28. The van der Waals surface area contributed by atoms with Crippen LogP contribution in [0.15, 0.2) is 29.4 Å². The highest BCUT2D eigenvalue weighted by Gasteiger charge is 2.30. The van der Waals surface area contributed by atoms with Crippen LogP contribution >= 0.6 is 11.8 Å². The molecule has 1 saturated carbocycles. The van der Waals surface area contributed by atoms with E-state index < -0.39 is 0 Å². The van der Waals surface area contributed by atoms with Crippen LogP contribution in [0.25, 0.3) is 0 Å². The third kappa shape index (κ3) is 4.96. The van der Waals surface area contributed by atoms with Gasteiger partial charge in [-0.3, -0.25) is 4.79 Å². The largest absolute Gasteiger partial charge is 0.348 e. The van der Waals surface area contributed by atoms with Gasteiger partial charge in [-0.1, -0.05) is 63.7 Å². The van der Waals surface area contributed by atoms with E-state index in [0.29, 0.717) is 23.5 Å². The summed E-state index contributed by atoms with van der Waals surface area (Å²) < 4.78 is 2.15. The van der Waals surface area contributed by atoms with E-state index in [2.05, 4.69) is 79.0 Å². The number of thioether (sulfide) groups is 1. The number of hydrogen-bond acceptors (Lipinski definition) is 4. The topological polar surface area (TPSA) is 59.8 Å². The second kappa shape index (κ2) is 9.12. The SMILES string of the molecule is CCn1c(SCC(=O)NC(c2ccc(C(C)C)cc2)C(C)C)nnc1C1CC1. The molecule has 0 saturated heterocycles. The van der Waals surface area contributed by atoms with Crippen molar-refractivity contribution in [2.24, 2.45) is 5.92 Å². The average molecular weight is 401 g/mol. The summed E-state index contributed by atoms with van der Waals surface area (Å²) >= 11 is 1.48. The maximum absolute atomic E-state index is 12.6. The average Bonchev–Trinajstić information content (AvgIpc) is 3.44. The summed E-state index contributed by atoms with van der Waals surface area (Å²) in [6, 6.07) is 8.63. The molecule has 0 aliphatic heterocycles. The number of carbonyl (C=O) groups is 1. The van der Waals surface area contributed by atoms with Crippen molar-refractivity contribution in [3.63, 3.8) is 0 Å². The molecule has 1 aliphatic carbocycles. The first-order chi connectivity index (χ1) is 13.4. The summed E-state index contributed by atoms with van der Waals surface area (Å²) in [5.74, 6) is 2.87. The number of benzene rings is 1. The van der Waals surface area contributed by atoms with Crippen LogP contribution in [0, 0.1) is 5.92 Å². The third-order valence-corrected chi connectivity index (χ3v) is 6.25. The first kappa shape index (κ1) is 20.9. The predicted molar refractivity (Wildman–Crippen MR) is 115 cm³/mol. The van der Waals surface area contributed by atoms with E-state index in [-0.39, 0.29) is 11.9 Å². The van der Waals surface area contributed by atoms with Crippen LogP contribution in [0.4, 0.5) is 0 Å². The van der Waals surface area contributed by atoms with Gasteiger partial charge in [0.25, 0.3) is 0 Å². The van der Waals surface area contributed by atoms with Crippen LogP contribution in [-0.2, 0) is 11.3 Å². The van der Waals surface area contributed by atoms with Crippen molar-refractivity contribution in [2.75, 3.05) is 5.75 Å². The van der Waals surface area contributed by atoms with Gasteiger partial charge in [-0.05, 0) is 42.7 Å². The van der Waals surface area contributed by atoms with Crippen LogP contribution in [0.1, 0.15) is 82.3 Å². The summed E-state index contributed by atoms with van der Waals surface area (Å²) in [4.78, 5) is 12.6. The Balaban J connectivity index is 1.61. The molecule has 1 heterocycles. The summed E-state index contributed by atoms with van der Waals surface area (Å²) in [6.45, 7) is 11.6. The first-order valence-corrected chi connectivity index (χ1v) is 11.3. The fourth-order valence-corrected chi connectivity index (χ4v) is 4.24. The zero-order valence-corrected chi connectivity index (χ0v) is 18.4. The molecule has 1 aliphatic rings. The molecule has 0 bridgehead atoms. The second-order valence-corrected chi connectivity index (χ2v) is 9.20. The Hall–Kier alpha value is -1.82. The number of hydrogen-bond donors (Lipinski definition) is 1. The molecule has 0 spiro atoms. The molecule has 0 radical (unpaired) electrons. The van der Waals surface area contributed by atoms with E-state index in [1.54, 1.807) is 0 Å². The molecule has 1 fully saturated rings. The minimum atomic E-state index is 0.0142. The Bertz CT molecular complexity index is 793. The van der Waals surface area contributed by atoms with E-state index in [1.165, 1.54) is 30.2 Å². The Morgan fingerprint density at radius 1 is 1.14 bits per heavy atom. The van der Waals surface area contributed by atoms with Gasteiger partial charge in [0.2, 0.25) is 5.91 Å². The van der Waals surface area contributed by atoms with Crippen molar-refractivity contribution >= 4 is 17.7 Å². The van der Waals surface area contributed by atoms with E-state index in [4.69, 9.17) is 0 Å². The van der Waals surface area contributed by atoms with Crippen molar-refractivity contribution in [1.29, 1.82) is 0 Å². The van der Waals surface area contributed by atoms with Gasteiger partial charge in [0, 0.05) is 12.5 Å². The molecule has 2 aromatic rings. The lowest BCUT2D eigenvalue weighted by atomic mass is 9.93. The van der Waals surface area contributed by atoms with Crippen LogP contribution in [0.3, 0.4) is 0 Å². The van der Waals surface area contributed by atoms with Gasteiger partial charge in [0.1, 0.15) is 5.82 Å². The predicted octanol–water partition coefficient (Wildman–Crippen LogP) is 4.90. The monoisotopic (exact) mass is 400 g/mol. The molecule has 1 aromatic carbocycles. The fraction of sp³-hybridized carbons (Fsp3) is 0.591. The lowest BCUT2D eigenvalue weighted by Crippen LogP contribution is -2.33. The number of carbonyl (C=O) groups excluding carboxylic acids is 1. The summed E-state index contributed by atoms with van der Waals surface area (Å²) in [7, 11) is 0. The van der Waals surface area contributed by atoms with Crippen LogP contribution in [0.5, 0.6) is 0 Å². The van der Waals surface area contributed by atoms with Gasteiger partial charge in [-0.25, -0.2) is 0 Å². The Labute approximate surface area is 172 Å². The number of nitrogens with one attached hydrogen (secondary N) is 1. The van der Waals surface area contributed by atoms with Gasteiger partial charge < -0.3 is 9.88 Å². The van der Waals surface area contributed by atoms with Crippen molar-refractivity contribution in [1.82, 2.24) is 20.1 Å². The molecule has 1 aromatic heterocycles. The Morgan fingerprint density at radius 2 is 1.79 bits per heavy atom. The molecule has 1 unspecified atom stereocenters. The van der Waals surface area contributed by atoms with E-state index in [0.717, 1.165) is 23.1 Å². The summed E-state index contributed by atoms with van der Waals surface area (Å²) in [5.41, 5.74) is 2.48. The minimum Gasteiger partial charge on any atom is -0.348 e. The molecule has 3 rings (SSSR count). The molecule has 1 atom stereocenters. The zero-order chi connectivity index (χ0) is 20.3. The van der Waals surface area contributed by atoms with Gasteiger partial charge in [-0.2, -0.15) is 0 Å². The molecule has 1 N–H and O–H groups in total. The standard InChI is InChI=1S/C22H32N4OS/c1-6-26-21(18-11-12-18)24-25-22(26)28-13-19(27)23-20(15(4)5)17-9-7-16(8-10-17)14(2)3/h7-10,14-15,18,20H,6,11-13H2,1-5H3,(H,23,27). The Kier molecular flexibility index (Phi) is 6.81. The normalized spacial score (nSPS) is 15.2. The highest BCUT2D eigenvalue weighted by molar-refractivity contribution is 7.99. The maximum Gasteiger partial charge on any atom is 0.230 e. The van der Waals surface area contributed by atoms with E-state index in [1.807, 2.05) is 0 Å². The second-order valence-electron chi connectivity index (χ2n) is 8.26. The van der Waals surface area contributed by atoms with Gasteiger partial charge in [0.15, 0.2) is 5.16 Å². The number of amides is 1. The van der Waals surface area contributed by atoms with Crippen LogP contribution < -0.4 is 5.32 Å². The van der Waals surface area contributed by atoms with Gasteiger partial charge in [0.05, 0.1) is 11.8 Å². The summed E-state index contributed by atoms with van der Waals surface area (Å²) in [5, 5.41) is 12.7. The molecule has 1 amide bonds. The molecule has 152 valence electrons. The minimum absolute atomic E-state index is 0.0142. The van der Waals surface area contributed by atoms with E-state index in [9.17, 15) is 4.79 Å². The molecular weight excluding hydrogens is 368 g/mol. The van der Waals surface area contributed by atoms with Crippen molar-refractivity contribution in [2.45, 2.75) is 77.0 Å².